The van der Waals surface area contributed by atoms with Crippen molar-refractivity contribution in [3.05, 3.63) is 30.5 Å². The number of hydrogen-bond acceptors (Lipinski definition) is 3. The van der Waals surface area contributed by atoms with Gasteiger partial charge in [-0.2, -0.15) is 5.26 Å². The number of carbonyl (C=O) groups excluding carboxylic acids is 1. The molecule has 0 spiro atoms. The summed E-state index contributed by atoms with van der Waals surface area (Å²) in [6, 6.07) is 9.48. The van der Waals surface area contributed by atoms with E-state index in [1.165, 1.54) is 0 Å². The Labute approximate surface area is 105 Å². The number of carbonyl (C=O) groups is 1. The third-order valence-electron chi connectivity index (χ3n) is 2.66. The van der Waals surface area contributed by atoms with Gasteiger partial charge in [0.15, 0.2) is 0 Å². The zero-order valence-corrected chi connectivity index (χ0v) is 10.0. The number of fused-ring (bicyclic) bond motifs is 1. The first-order chi connectivity index (χ1) is 8.74. The smallest absolute Gasteiger partial charge is 0.240 e. The minimum atomic E-state index is -0.176. The lowest BCUT2D eigenvalue weighted by molar-refractivity contribution is -0.121. The molecule has 0 atom stereocenters. The van der Waals surface area contributed by atoms with Gasteiger partial charge in [-0.3, -0.25) is 4.79 Å². The van der Waals surface area contributed by atoms with Crippen molar-refractivity contribution in [2.75, 3.05) is 13.7 Å². The highest BCUT2D eigenvalue weighted by Crippen LogP contribution is 2.21. The molecule has 2 aromatic rings. The normalized spacial score (nSPS) is 10.0. The molecule has 5 nitrogen and oxygen atoms in total. The van der Waals surface area contributed by atoms with Gasteiger partial charge in [0.05, 0.1) is 13.2 Å². The van der Waals surface area contributed by atoms with E-state index >= 15 is 0 Å². The molecule has 0 fully saturated rings. The van der Waals surface area contributed by atoms with Crippen molar-refractivity contribution in [1.82, 2.24) is 9.88 Å². The van der Waals surface area contributed by atoms with Crippen LogP contribution in [-0.2, 0) is 11.3 Å². The number of benzene rings is 1. The largest absolute Gasteiger partial charge is 0.497 e. The number of aromatic nitrogens is 1. The SMILES string of the molecule is COc1ccc2c(ccn2CC(=O)NCC#N)c1. The Hall–Kier alpha value is -2.48. The summed E-state index contributed by atoms with van der Waals surface area (Å²) >= 11 is 0. The third kappa shape index (κ3) is 2.43. The van der Waals surface area contributed by atoms with E-state index in [4.69, 9.17) is 10.00 Å². The van der Waals surface area contributed by atoms with E-state index in [0.717, 1.165) is 16.7 Å². The van der Waals surface area contributed by atoms with Crippen LogP contribution in [0, 0.1) is 11.3 Å². The fraction of sp³-hybridized carbons (Fsp3) is 0.231. The van der Waals surface area contributed by atoms with Gasteiger partial charge in [0, 0.05) is 17.1 Å². The monoisotopic (exact) mass is 243 g/mol. The molecule has 1 aromatic heterocycles. The molecule has 18 heavy (non-hydrogen) atoms. The van der Waals surface area contributed by atoms with Crippen LogP contribution in [0.3, 0.4) is 0 Å². The molecular weight excluding hydrogens is 230 g/mol. The molecule has 1 amide bonds. The highest BCUT2D eigenvalue weighted by atomic mass is 16.5. The van der Waals surface area contributed by atoms with Crippen molar-refractivity contribution in [3.8, 4) is 11.8 Å². The Bertz CT molecular complexity index is 610. The summed E-state index contributed by atoms with van der Waals surface area (Å²) in [5, 5.41) is 11.9. The molecule has 1 aromatic carbocycles. The molecule has 0 bridgehead atoms. The molecule has 0 saturated heterocycles. The first-order valence-electron chi connectivity index (χ1n) is 5.51. The highest BCUT2D eigenvalue weighted by Gasteiger charge is 2.06. The predicted octanol–water partition coefficient (Wildman–Crippen LogP) is 1.29. The molecule has 1 N–H and O–H groups in total. The molecule has 1 heterocycles. The van der Waals surface area contributed by atoms with Crippen LogP contribution in [0.1, 0.15) is 0 Å². The maximum Gasteiger partial charge on any atom is 0.240 e. The molecule has 5 heteroatoms. The Balaban J connectivity index is 2.19. The van der Waals surface area contributed by atoms with Crippen molar-refractivity contribution in [2.45, 2.75) is 6.54 Å². The fourth-order valence-electron chi connectivity index (χ4n) is 1.79. The Morgan fingerprint density at radius 2 is 2.33 bits per heavy atom. The van der Waals surface area contributed by atoms with Crippen LogP contribution in [0.2, 0.25) is 0 Å². The van der Waals surface area contributed by atoms with Gasteiger partial charge in [0.1, 0.15) is 18.8 Å². The van der Waals surface area contributed by atoms with Crippen LogP contribution >= 0.6 is 0 Å². The topological polar surface area (TPSA) is 67.0 Å². The molecule has 0 saturated carbocycles. The van der Waals surface area contributed by atoms with Crippen molar-refractivity contribution in [3.63, 3.8) is 0 Å². The molecule has 0 unspecified atom stereocenters. The van der Waals surface area contributed by atoms with Crippen molar-refractivity contribution in [2.24, 2.45) is 0 Å². The van der Waals surface area contributed by atoms with Gasteiger partial charge >= 0.3 is 0 Å². The van der Waals surface area contributed by atoms with Gasteiger partial charge in [0.2, 0.25) is 5.91 Å². The maximum atomic E-state index is 11.5. The van der Waals surface area contributed by atoms with Gasteiger partial charge in [-0.1, -0.05) is 0 Å². The zero-order valence-electron chi connectivity index (χ0n) is 10.0. The average Bonchev–Trinajstić information content (AvgIpc) is 2.78. The van der Waals surface area contributed by atoms with E-state index in [1.807, 2.05) is 41.1 Å². The molecule has 92 valence electrons. The molecule has 0 aliphatic carbocycles. The molecule has 0 radical (unpaired) electrons. The summed E-state index contributed by atoms with van der Waals surface area (Å²) in [5.41, 5.74) is 0.961. The summed E-state index contributed by atoms with van der Waals surface area (Å²) in [5.74, 6) is 0.610. The molecule has 0 aliphatic heterocycles. The van der Waals surface area contributed by atoms with Gasteiger partial charge < -0.3 is 14.6 Å². The summed E-state index contributed by atoms with van der Waals surface area (Å²) < 4.78 is 6.98. The minimum Gasteiger partial charge on any atom is -0.497 e. The van der Waals surface area contributed by atoms with Gasteiger partial charge in [0.25, 0.3) is 0 Å². The Kier molecular flexibility index (Phi) is 3.49. The summed E-state index contributed by atoms with van der Waals surface area (Å²) in [6.07, 6.45) is 1.84. The second kappa shape index (κ2) is 5.23. The van der Waals surface area contributed by atoms with Crippen LogP contribution in [0.25, 0.3) is 10.9 Å². The van der Waals surface area contributed by atoms with Crippen molar-refractivity contribution < 1.29 is 9.53 Å². The van der Waals surface area contributed by atoms with Gasteiger partial charge in [-0.25, -0.2) is 0 Å². The summed E-state index contributed by atoms with van der Waals surface area (Å²) in [7, 11) is 1.62. The molecular formula is C13H13N3O2. The lowest BCUT2D eigenvalue weighted by Gasteiger charge is -2.05. The van der Waals surface area contributed by atoms with Gasteiger partial charge in [-0.05, 0) is 24.3 Å². The first kappa shape index (κ1) is 12.0. The second-order valence-corrected chi connectivity index (χ2v) is 3.80. The third-order valence-corrected chi connectivity index (χ3v) is 2.66. The maximum absolute atomic E-state index is 11.5. The van der Waals surface area contributed by atoms with E-state index in [0.29, 0.717) is 0 Å². The standard InChI is InChI=1S/C13H13N3O2/c1-18-11-2-3-12-10(8-11)4-7-16(12)9-13(17)15-6-5-14/h2-4,7-8H,6,9H2,1H3,(H,15,17). The number of nitrogens with one attached hydrogen (secondary N) is 1. The number of amides is 1. The van der Waals surface area contributed by atoms with Crippen LogP contribution in [0.15, 0.2) is 30.5 Å². The van der Waals surface area contributed by atoms with E-state index in [-0.39, 0.29) is 19.0 Å². The second-order valence-electron chi connectivity index (χ2n) is 3.80. The van der Waals surface area contributed by atoms with Crippen molar-refractivity contribution in [1.29, 1.82) is 5.26 Å². The lowest BCUT2D eigenvalue weighted by atomic mass is 10.2. The Morgan fingerprint density at radius 3 is 3.06 bits per heavy atom. The minimum absolute atomic E-state index is 0.0336. The fourth-order valence-corrected chi connectivity index (χ4v) is 1.79. The van der Waals surface area contributed by atoms with Crippen LogP contribution in [0.4, 0.5) is 0 Å². The first-order valence-corrected chi connectivity index (χ1v) is 5.51. The number of nitriles is 1. The number of ether oxygens (including phenoxy) is 1. The summed E-state index contributed by atoms with van der Waals surface area (Å²) in [4.78, 5) is 11.5. The van der Waals surface area contributed by atoms with Gasteiger partial charge in [-0.15, -0.1) is 0 Å². The van der Waals surface area contributed by atoms with Crippen molar-refractivity contribution >= 4 is 16.8 Å². The highest BCUT2D eigenvalue weighted by molar-refractivity contribution is 5.84. The van der Waals surface area contributed by atoms with E-state index in [2.05, 4.69) is 5.32 Å². The van der Waals surface area contributed by atoms with Crippen LogP contribution < -0.4 is 10.1 Å². The Morgan fingerprint density at radius 1 is 1.50 bits per heavy atom. The predicted molar refractivity (Wildman–Crippen MR) is 67.1 cm³/mol. The number of nitrogens with zero attached hydrogens (tertiary/aromatic N) is 2. The lowest BCUT2D eigenvalue weighted by Crippen LogP contribution is -2.27. The average molecular weight is 243 g/mol. The number of rotatable bonds is 4. The quantitative estimate of drug-likeness (QED) is 0.823. The van der Waals surface area contributed by atoms with E-state index < -0.39 is 0 Å². The zero-order chi connectivity index (χ0) is 13.0. The molecule has 2 rings (SSSR count). The summed E-state index contributed by atoms with van der Waals surface area (Å²) in [6.45, 7) is 0.239. The van der Waals surface area contributed by atoms with Crippen LogP contribution in [0.5, 0.6) is 5.75 Å². The van der Waals surface area contributed by atoms with E-state index in [9.17, 15) is 4.79 Å². The molecule has 0 aliphatic rings. The van der Waals surface area contributed by atoms with Crippen LogP contribution in [-0.4, -0.2) is 24.1 Å². The number of methoxy groups -OCH3 is 1. The number of hydrogen-bond donors (Lipinski definition) is 1. The van der Waals surface area contributed by atoms with E-state index in [1.54, 1.807) is 7.11 Å².